The van der Waals surface area contributed by atoms with Crippen LogP contribution in [-0.4, -0.2) is 54.8 Å². The van der Waals surface area contributed by atoms with Gasteiger partial charge in [-0.2, -0.15) is 0 Å². The zero-order valence-corrected chi connectivity index (χ0v) is 20.9. The number of methoxy groups -OCH3 is 1. The molecule has 0 aliphatic carbocycles. The summed E-state index contributed by atoms with van der Waals surface area (Å²) in [6.45, 7) is 2.75. The van der Waals surface area contributed by atoms with E-state index in [4.69, 9.17) is 9.84 Å². The quantitative estimate of drug-likeness (QED) is 0.298. The van der Waals surface area contributed by atoms with Gasteiger partial charge < -0.3 is 24.7 Å². The normalized spacial score (nSPS) is 21.7. The van der Waals surface area contributed by atoms with Gasteiger partial charge in [-0.25, -0.2) is 0 Å². The van der Waals surface area contributed by atoms with Crippen molar-refractivity contribution >= 4 is 29.2 Å². The third kappa shape index (κ3) is 5.93. The van der Waals surface area contributed by atoms with Gasteiger partial charge in [0, 0.05) is 49.7 Å². The Morgan fingerprint density at radius 3 is 2.71 bits per heavy atom. The molecule has 0 bridgehead atoms. The van der Waals surface area contributed by atoms with Crippen molar-refractivity contribution in [1.29, 1.82) is 0 Å². The Morgan fingerprint density at radius 2 is 1.97 bits per heavy atom. The molecular weight excluding hydrogens is 448 g/mol. The molecular formula is C27H38N2O6. The first kappa shape index (κ1) is 26.9. The summed E-state index contributed by atoms with van der Waals surface area (Å²) in [5, 5.41) is 21.0. The van der Waals surface area contributed by atoms with E-state index in [0.717, 1.165) is 25.7 Å². The second kappa shape index (κ2) is 12.3. The predicted octanol–water partition coefficient (Wildman–Crippen LogP) is 3.44. The maximum absolute atomic E-state index is 13.6. The van der Waals surface area contributed by atoms with Gasteiger partial charge in [0.1, 0.15) is 0 Å². The average molecular weight is 487 g/mol. The maximum Gasteiger partial charge on any atom is 0.305 e. The Bertz CT molecular complexity index is 946. The fourth-order valence-corrected chi connectivity index (χ4v) is 4.91. The molecule has 1 aromatic rings. The number of esters is 1. The summed E-state index contributed by atoms with van der Waals surface area (Å²) in [5.74, 6) is -1.19. The second-order valence-electron chi connectivity index (χ2n) is 9.40. The minimum Gasteiger partial charge on any atom is -0.469 e. The molecule has 3 rings (SSSR count). The molecule has 0 spiro atoms. The predicted molar refractivity (Wildman–Crippen MR) is 134 cm³/mol. The van der Waals surface area contributed by atoms with Crippen LogP contribution in [0.2, 0.25) is 0 Å². The van der Waals surface area contributed by atoms with E-state index >= 15 is 0 Å². The van der Waals surface area contributed by atoms with Crippen LogP contribution < -0.4 is 9.80 Å². The lowest BCUT2D eigenvalue weighted by molar-refractivity contribution is -0.140. The zero-order valence-electron chi connectivity index (χ0n) is 20.9. The van der Waals surface area contributed by atoms with Gasteiger partial charge in [0.2, 0.25) is 5.91 Å². The number of hydrogen-bond donors (Lipinski definition) is 2. The molecule has 1 fully saturated rings. The first-order valence-corrected chi connectivity index (χ1v) is 12.7. The SMILES string of the molecule is COC(=O)CCCCN1C(=O)[C@@](O)([C@@H](C)/C=C/CCO)c2cc(N3CCCCCCC3=O)ccc21. The van der Waals surface area contributed by atoms with Crippen molar-refractivity contribution in [3.8, 4) is 0 Å². The highest BCUT2D eigenvalue weighted by molar-refractivity contribution is 6.08. The van der Waals surface area contributed by atoms with Crippen molar-refractivity contribution in [1.82, 2.24) is 0 Å². The number of aliphatic hydroxyl groups is 2. The minimum absolute atomic E-state index is 0.0142. The fourth-order valence-electron chi connectivity index (χ4n) is 4.91. The molecule has 192 valence electrons. The fraction of sp³-hybridized carbons (Fsp3) is 0.593. The molecule has 0 unspecified atom stereocenters. The molecule has 35 heavy (non-hydrogen) atoms. The number of unbranched alkanes of at least 4 members (excludes halogenated alkanes) is 1. The Morgan fingerprint density at radius 1 is 1.20 bits per heavy atom. The van der Waals surface area contributed by atoms with Crippen LogP contribution in [-0.2, 0) is 24.7 Å². The van der Waals surface area contributed by atoms with Crippen molar-refractivity contribution in [2.75, 3.05) is 36.6 Å². The van der Waals surface area contributed by atoms with Gasteiger partial charge >= 0.3 is 5.97 Å². The highest BCUT2D eigenvalue weighted by atomic mass is 16.5. The third-order valence-electron chi connectivity index (χ3n) is 7.01. The molecule has 2 heterocycles. The van der Waals surface area contributed by atoms with E-state index in [1.165, 1.54) is 7.11 Å². The van der Waals surface area contributed by atoms with E-state index in [-0.39, 0.29) is 24.9 Å². The lowest BCUT2D eigenvalue weighted by Crippen LogP contribution is -2.44. The van der Waals surface area contributed by atoms with Crippen LogP contribution in [0.25, 0.3) is 0 Å². The smallest absolute Gasteiger partial charge is 0.305 e. The minimum atomic E-state index is -1.79. The van der Waals surface area contributed by atoms with Crippen molar-refractivity contribution in [3.63, 3.8) is 0 Å². The highest BCUT2D eigenvalue weighted by Gasteiger charge is 2.52. The highest BCUT2D eigenvalue weighted by Crippen LogP contribution is 2.47. The third-order valence-corrected chi connectivity index (χ3v) is 7.01. The van der Waals surface area contributed by atoms with Crippen molar-refractivity contribution in [2.45, 2.75) is 70.3 Å². The van der Waals surface area contributed by atoms with Gasteiger partial charge in [0.05, 0.1) is 12.8 Å². The van der Waals surface area contributed by atoms with Gasteiger partial charge in [-0.3, -0.25) is 14.4 Å². The largest absolute Gasteiger partial charge is 0.469 e. The van der Waals surface area contributed by atoms with Gasteiger partial charge in [0.25, 0.3) is 5.91 Å². The number of nitrogens with zero attached hydrogens (tertiary/aromatic N) is 2. The van der Waals surface area contributed by atoms with Crippen LogP contribution in [0.15, 0.2) is 30.4 Å². The Kier molecular flexibility index (Phi) is 9.46. The van der Waals surface area contributed by atoms with E-state index in [1.807, 2.05) is 12.1 Å². The molecule has 0 saturated carbocycles. The van der Waals surface area contributed by atoms with E-state index in [2.05, 4.69) is 0 Å². The lowest BCUT2D eigenvalue weighted by atomic mass is 9.82. The molecule has 0 aromatic heterocycles. The van der Waals surface area contributed by atoms with Gasteiger partial charge in [-0.15, -0.1) is 0 Å². The second-order valence-corrected chi connectivity index (χ2v) is 9.40. The molecule has 8 nitrogen and oxygen atoms in total. The zero-order chi connectivity index (χ0) is 25.4. The van der Waals surface area contributed by atoms with Crippen molar-refractivity contribution in [3.05, 3.63) is 35.9 Å². The van der Waals surface area contributed by atoms with Gasteiger partial charge in [-0.1, -0.05) is 31.9 Å². The number of carbonyl (C=O) groups is 3. The van der Waals surface area contributed by atoms with Gasteiger partial charge in [-0.05, 0) is 50.3 Å². The summed E-state index contributed by atoms with van der Waals surface area (Å²) < 4.78 is 4.69. The molecule has 0 radical (unpaired) electrons. The number of rotatable bonds is 10. The van der Waals surface area contributed by atoms with E-state index in [0.29, 0.717) is 55.7 Å². The lowest BCUT2D eigenvalue weighted by Gasteiger charge is -2.29. The van der Waals surface area contributed by atoms with Crippen LogP contribution in [0.5, 0.6) is 0 Å². The monoisotopic (exact) mass is 486 g/mol. The van der Waals surface area contributed by atoms with Gasteiger partial charge in [0.15, 0.2) is 5.60 Å². The summed E-state index contributed by atoms with van der Waals surface area (Å²) in [6.07, 6.45) is 9.78. The number of carbonyl (C=O) groups excluding carboxylic acids is 3. The summed E-state index contributed by atoms with van der Waals surface area (Å²) in [6, 6.07) is 5.46. The van der Waals surface area contributed by atoms with Crippen LogP contribution in [0, 0.1) is 5.92 Å². The first-order valence-electron chi connectivity index (χ1n) is 12.7. The molecule has 2 N–H and O–H groups in total. The molecule has 2 atom stereocenters. The number of fused-ring (bicyclic) bond motifs is 1. The molecule has 8 heteroatoms. The standard InChI is InChI=1S/C27H38N2O6/c1-20(11-7-10-18-30)27(34)22-19-21(28-16-8-4-3-5-12-24(28)31)14-15-23(22)29(26(27)33)17-9-6-13-25(32)35-2/h7,11,14-15,19-20,30,34H,3-6,8-10,12-13,16-18H2,1-2H3/b11-7+/t20-,27+/m0/s1. The van der Waals surface area contributed by atoms with E-state index in [1.54, 1.807) is 34.9 Å². The maximum atomic E-state index is 13.6. The average Bonchev–Trinajstić information content (AvgIpc) is 3.06. The summed E-state index contributed by atoms with van der Waals surface area (Å²) in [5.41, 5.74) is 0.0250. The molecule has 2 amide bonds. The summed E-state index contributed by atoms with van der Waals surface area (Å²) >= 11 is 0. The first-order chi connectivity index (χ1) is 16.8. The van der Waals surface area contributed by atoms with E-state index in [9.17, 15) is 19.5 Å². The number of amides is 2. The topological polar surface area (TPSA) is 107 Å². The van der Waals surface area contributed by atoms with Crippen LogP contribution >= 0.6 is 0 Å². The molecule has 2 aliphatic heterocycles. The number of benzene rings is 1. The number of aliphatic hydroxyl groups excluding tert-OH is 1. The Balaban J connectivity index is 1.93. The van der Waals surface area contributed by atoms with Crippen LogP contribution in [0.4, 0.5) is 11.4 Å². The Hall–Kier alpha value is -2.71. The Labute approximate surface area is 207 Å². The molecule has 2 aliphatic rings. The molecule has 1 aromatic carbocycles. The number of hydrogen-bond acceptors (Lipinski definition) is 6. The summed E-state index contributed by atoms with van der Waals surface area (Å²) in [7, 11) is 1.35. The van der Waals surface area contributed by atoms with Crippen molar-refractivity contribution < 1.29 is 29.3 Å². The van der Waals surface area contributed by atoms with Crippen LogP contribution in [0.1, 0.15) is 70.3 Å². The van der Waals surface area contributed by atoms with Crippen molar-refractivity contribution in [2.24, 2.45) is 5.92 Å². The number of ether oxygens (including phenoxy) is 1. The van der Waals surface area contributed by atoms with E-state index < -0.39 is 17.4 Å². The number of anilines is 2. The summed E-state index contributed by atoms with van der Waals surface area (Å²) in [4.78, 5) is 41.3. The van der Waals surface area contributed by atoms with Crippen LogP contribution in [0.3, 0.4) is 0 Å². The molecule has 1 saturated heterocycles.